The third kappa shape index (κ3) is 4.03. The van der Waals surface area contributed by atoms with Crippen LogP contribution in [0.25, 0.3) is 0 Å². The number of amides is 1. The van der Waals surface area contributed by atoms with Crippen molar-refractivity contribution in [2.75, 3.05) is 27.2 Å². The van der Waals surface area contributed by atoms with Crippen LogP contribution in [0.2, 0.25) is 0 Å². The molecule has 0 radical (unpaired) electrons. The molecule has 2 aromatic carbocycles. The van der Waals surface area contributed by atoms with E-state index in [-0.39, 0.29) is 11.2 Å². The Labute approximate surface area is 184 Å². The minimum atomic E-state index is -1.10. The monoisotopic (exact) mass is 419 g/mol. The summed E-state index contributed by atoms with van der Waals surface area (Å²) in [5.41, 5.74) is 1.12. The van der Waals surface area contributed by atoms with Gasteiger partial charge in [-0.2, -0.15) is 5.26 Å². The quantitative estimate of drug-likeness (QED) is 0.625. The van der Waals surface area contributed by atoms with Gasteiger partial charge in [0.1, 0.15) is 5.41 Å². The highest BCUT2D eigenvalue weighted by Crippen LogP contribution is 2.50. The van der Waals surface area contributed by atoms with Gasteiger partial charge in [-0.1, -0.05) is 74.5 Å². The molecule has 0 fully saturated rings. The van der Waals surface area contributed by atoms with Gasteiger partial charge in [-0.05, 0) is 38.2 Å². The summed E-state index contributed by atoms with van der Waals surface area (Å²) < 4.78 is 0. The van der Waals surface area contributed by atoms with Crippen molar-refractivity contribution in [1.29, 1.82) is 5.26 Å². The minimum absolute atomic E-state index is 0.0293. The van der Waals surface area contributed by atoms with Crippen molar-refractivity contribution in [3.8, 4) is 6.07 Å². The van der Waals surface area contributed by atoms with Crippen molar-refractivity contribution >= 4 is 17.7 Å². The van der Waals surface area contributed by atoms with E-state index >= 15 is 0 Å². The lowest BCUT2D eigenvalue weighted by molar-refractivity contribution is -0.130. The zero-order valence-electron chi connectivity index (χ0n) is 18.1. The Morgan fingerprint density at radius 1 is 1.03 bits per heavy atom. The number of hydrogen-bond donors (Lipinski definition) is 0. The van der Waals surface area contributed by atoms with Crippen molar-refractivity contribution in [3.63, 3.8) is 0 Å². The van der Waals surface area contributed by atoms with Gasteiger partial charge >= 0.3 is 0 Å². The van der Waals surface area contributed by atoms with Crippen LogP contribution in [0.3, 0.4) is 0 Å². The van der Waals surface area contributed by atoms with Gasteiger partial charge in [-0.15, -0.1) is 11.8 Å². The molecule has 0 spiro atoms. The molecule has 156 valence electrons. The molecule has 0 saturated heterocycles. The first-order chi connectivity index (χ1) is 14.4. The van der Waals surface area contributed by atoms with Gasteiger partial charge in [0, 0.05) is 11.8 Å². The van der Waals surface area contributed by atoms with E-state index in [2.05, 4.69) is 24.8 Å². The molecule has 5 heteroatoms. The topological polar surface area (TPSA) is 47.3 Å². The average Bonchev–Trinajstić information content (AvgIpc) is 2.97. The van der Waals surface area contributed by atoms with E-state index in [4.69, 9.17) is 0 Å². The summed E-state index contributed by atoms with van der Waals surface area (Å²) in [5, 5.41) is 11.4. The van der Waals surface area contributed by atoms with E-state index < -0.39 is 5.41 Å². The van der Waals surface area contributed by atoms with Gasteiger partial charge in [0.15, 0.2) is 0 Å². The van der Waals surface area contributed by atoms with Gasteiger partial charge in [0.05, 0.1) is 16.7 Å². The summed E-state index contributed by atoms with van der Waals surface area (Å²) in [7, 11) is 4.06. The molecule has 1 amide bonds. The second-order valence-electron chi connectivity index (χ2n) is 8.05. The van der Waals surface area contributed by atoms with Gasteiger partial charge in [0.2, 0.25) is 5.91 Å². The number of rotatable bonds is 8. The molecule has 0 N–H and O–H groups in total. The van der Waals surface area contributed by atoms with Crippen LogP contribution in [0.5, 0.6) is 0 Å². The molecule has 1 heterocycles. The highest BCUT2D eigenvalue weighted by atomic mass is 32.2. The van der Waals surface area contributed by atoms with Crippen LogP contribution in [0.4, 0.5) is 0 Å². The second-order valence-corrected chi connectivity index (χ2v) is 9.62. The van der Waals surface area contributed by atoms with E-state index in [0.717, 1.165) is 29.1 Å². The lowest BCUT2D eigenvalue weighted by Crippen LogP contribution is -2.42. The maximum absolute atomic E-state index is 14.2. The molecule has 0 saturated carbocycles. The van der Waals surface area contributed by atoms with E-state index in [1.807, 2.05) is 79.7 Å². The van der Waals surface area contributed by atoms with Crippen LogP contribution in [0.15, 0.2) is 71.3 Å². The SMILES string of the molecule is CC(C)SC1=C(C#N)C(c2ccccc2)(c2ccccc2)C(=O)N1CCCN(C)C. The van der Waals surface area contributed by atoms with Crippen molar-refractivity contribution in [3.05, 3.63) is 82.4 Å². The Bertz CT molecular complexity index is 906. The van der Waals surface area contributed by atoms with Crippen LogP contribution < -0.4 is 0 Å². The number of thioether (sulfide) groups is 1. The molecule has 1 aliphatic rings. The molecular weight excluding hydrogens is 390 g/mol. The van der Waals surface area contributed by atoms with Gasteiger partial charge < -0.3 is 9.80 Å². The van der Waals surface area contributed by atoms with Crippen molar-refractivity contribution < 1.29 is 4.79 Å². The Morgan fingerprint density at radius 2 is 1.57 bits per heavy atom. The molecule has 0 bridgehead atoms. The second kappa shape index (κ2) is 9.51. The van der Waals surface area contributed by atoms with Crippen molar-refractivity contribution in [2.45, 2.75) is 30.9 Å². The number of nitriles is 1. The van der Waals surface area contributed by atoms with Crippen LogP contribution in [0, 0.1) is 11.3 Å². The molecule has 3 rings (SSSR count). The van der Waals surface area contributed by atoms with Crippen molar-refractivity contribution in [2.24, 2.45) is 0 Å². The molecule has 1 aliphatic heterocycles. The first kappa shape index (κ1) is 22.1. The summed E-state index contributed by atoms with van der Waals surface area (Å²) in [4.78, 5) is 18.1. The standard InChI is InChI=1S/C25H29N3OS/c1-19(2)30-23-22(18-26)25(20-12-7-5-8-13-20,21-14-9-6-10-15-21)24(29)28(23)17-11-16-27(3)4/h5-10,12-15,19H,11,16-17H2,1-4H3. The van der Waals surface area contributed by atoms with Gasteiger partial charge in [-0.3, -0.25) is 4.79 Å². The van der Waals surface area contributed by atoms with E-state index in [1.54, 1.807) is 11.8 Å². The predicted molar refractivity (Wildman–Crippen MR) is 124 cm³/mol. The molecule has 0 atom stereocenters. The number of hydrogen-bond acceptors (Lipinski definition) is 4. The summed E-state index contributed by atoms with van der Waals surface area (Å²) in [6, 6.07) is 21.9. The Balaban J connectivity index is 2.23. The normalized spacial score (nSPS) is 15.9. The molecular formula is C25H29N3OS. The lowest BCUT2D eigenvalue weighted by Gasteiger charge is -2.30. The summed E-state index contributed by atoms with van der Waals surface area (Å²) in [6.45, 7) is 5.67. The fourth-order valence-corrected chi connectivity index (χ4v) is 5.07. The zero-order valence-corrected chi connectivity index (χ0v) is 18.9. The number of benzene rings is 2. The summed E-state index contributed by atoms with van der Waals surface area (Å²) >= 11 is 1.61. The van der Waals surface area contributed by atoms with Crippen LogP contribution in [-0.2, 0) is 10.2 Å². The average molecular weight is 420 g/mol. The highest BCUT2D eigenvalue weighted by molar-refractivity contribution is 8.03. The molecule has 0 aliphatic carbocycles. The molecule has 0 unspecified atom stereocenters. The number of carbonyl (C=O) groups excluding carboxylic acids is 1. The fraction of sp³-hybridized carbons (Fsp3) is 0.360. The fourth-order valence-electron chi connectivity index (χ4n) is 4.00. The minimum Gasteiger partial charge on any atom is -0.309 e. The zero-order chi connectivity index (χ0) is 21.7. The van der Waals surface area contributed by atoms with Crippen LogP contribution in [-0.4, -0.2) is 48.1 Å². The Kier molecular flexibility index (Phi) is 7.02. The third-order valence-electron chi connectivity index (χ3n) is 5.26. The third-order valence-corrected chi connectivity index (χ3v) is 6.38. The Hall–Kier alpha value is -2.55. The maximum atomic E-state index is 14.2. The van der Waals surface area contributed by atoms with E-state index in [1.165, 1.54) is 0 Å². The Morgan fingerprint density at radius 3 is 2.00 bits per heavy atom. The van der Waals surface area contributed by atoms with E-state index in [0.29, 0.717) is 12.1 Å². The smallest absolute Gasteiger partial charge is 0.247 e. The number of carbonyl (C=O) groups is 1. The molecule has 0 aromatic heterocycles. The first-order valence-corrected chi connectivity index (χ1v) is 11.2. The molecule has 4 nitrogen and oxygen atoms in total. The summed E-state index contributed by atoms with van der Waals surface area (Å²) in [5.74, 6) is -0.0293. The van der Waals surface area contributed by atoms with Crippen LogP contribution in [0.1, 0.15) is 31.4 Å². The predicted octanol–water partition coefficient (Wildman–Crippen LogP) is 4.64. The highest BCUT2D eigenvalue weighted by Gasteiger charge is 2.55. The summed E-state index contributed by atoms with van der Waals surface area (Å²) in [6.07, 6.45) is 0.846. The lowest BCUT2D eigenvalue weighted by atomic mass is 9.70. The van der Waals surface area contributed by atoms with Crippen LogP contribution >= 0.6 is 11.8 Å². The molecule has 30 heavy (non-hydrogen) atoms. The maximum Gasteiger partial charge on any atom is 0.247 e. The largest absolute Gasteiger partial charge is 0.309 e. The number of nitrogens with zero attached hydrogens (tertiary/aromatic N) is 3. The first-order valence-electron chi connectivity index (χ1n) is 10.3. The van der Waals surface area contributed by atoms with Gasteiger partial charge in [0.25, 0.3) is 0 Å². The van der Waals surface area contributed by atoms with Gasteiger partial charge in [-0.25, -0.2) is 0 Å². The van der Waals surface area contributed by atoms with E-state index in [9.17, 15) is 10.1 Å². The van der Waals surface area contributed by atoms with Crippen molar-refractivity contribution in [1.82, 2.24) is 9.80 Å². The molecule has 2 aromatic rings.